The van der Waals surface area contributed by atoms with Crippen molar-refractivity contribution in [2.75, 3.05) is 34.5 Å². The van der Waals surface area contributed by atoms with Crippen LogP contribution < -0.4 is 14.2 Å². The Morgan fingerprint density at radius 3 is 1.77 bits per heavy atom. The number of hydrogen-bond donors (Lipinski definition) is 0. The molecule has 0 bridgehead atoms. The van der Waals surface area contributed by atoms with Gasteiger partial charge in [0, 0.05) is 6.42 Å². The lowest BCUT2D eigenvalue weighted by atomic mass is 10.1. The zero-order valence-electron chi connectivity index (χ0n) is 28.6. The van der Waals surface area contributed by atoms with Crippen molar-refractivity contribution in [1.82, 2.24) is 0 Å². The average molecular weight is 665 g/mol. The van der Waals surface area contributed by atoms with Gasteiger partial charge in [-0.05, 0) is 73.4 Å². The Kier molecular flexibility index (Phi) is 14.3. The summed E-state index contributed by atoms with van der Waals surface area (Å²) in [4.78, 5) is 13.3. The Hall–Kier alpha value is -3.93. The molecule has 260 valence electrons. The third kappa shape index (κ3) is 11.6. The molecule has 0 unspecified atom stereocenters. The van der Waals surface area contributed by atoms with Crippen molar-refractivity contribution < 1.29 is 47.4 Å². The summed E-state index contributed by atoms with van der Waals surface area (Å²) in [6.07, 6.45) is -0.183. The minimum absolute atomic E-state index is 0.0529. The Morgan fingerprint density at radius 2 is 1.31 bits per heavy atom. The van der Waals surface area contributed by atoms with E-state index in [-0.39, 0.29) is 39.0 Å². The first-order chi connectivity index (χ1) is 23.2. The molecule has 0 spiro atoms. The minimum Gasteiger partial charge on any atom is -0.497 e. The van der Waals surface area contributed by atoms with Gasteiger partial charge in [-0.1, -0.05) is 42.5 Å². The number of hydrogen-bond acceptors (Lipinski definition) is 10. The fourth-order valence-corrected chi connectivity index (χ4v) is 5.16. The minimum atomic E-state index is -0.829. The van der Waals surface area contributed by atoms with Crippen LogP contribution in [-0.2, 0) is 53.0 Å². The molecule has 0 aromatic heterocycles. The molecule has 1 aliphatic rings. The molecular weight excluding hydrogens is 616 g/mol. The van der Waals surface area contributed by atoms with Crippen LogP contribution >= 0.6 is 0 Å². The number of carbonyl (C=O) groups is 1. The van der Waals surface area contributed by atoms with Crippen LogP contribution in [-0.4, -0.2) is 70.7 Å². The van der Waals surface area contributed by atoms with Crippen molar-refractivity contribution in [3.05, 3.63) is 102 Å². The highest BCUT2D eigenvalue weighted by Gasteiger charge is 2.35. The van der Waals surface area contributed by atoms with Gasteiger partial charge in [-0.2, -0.15) is 0 Å². The molecule has 10 heteroatoms. The Balaban J connectivity index is 1.52. The monoisotopic (exact) mass is 664 g/mol. The molecule has 1 aliphatic heterocycles. The highest BCUT2D eigenvalue weighted by atomic mass is 16.7. The van der Waals surface area contributed by atoms with Gasteiger partial charge in [0.25, 0.3) is 0 Å². The molecule has 48 heavy (non-hydrogen) atoms. The van der Waals surface area contributed by atoms with Crippen LogP contribution in [0.1, 0.15) is 43.4 Å². The first-order valence-electron chi connectivity index (χ1n) is 16.1. The predicted octanol–water partition coefficient (Wildman–Crippen LogP) is 6.43. The number of ether oxygens (including phenoxy) is 9. The summed E-state index contributed by atoms with van der Waals surface area (Å²) in [7, 11) is 4.86. The van der Waals surface area contributed by atoms with E-state index in [0.717, 1.165) is 33.9 Å². The van der Waals surface area contributed by atoms with Crippen molar-refractivity contribution in [2.24, 2.45) is 0 Å². The van der Waals surface area contributed by atoms with Gasteiger partial charge in [-0.15, -0.1) is 6.58 Å². The molecule has 1 saturated heterocycles. The van der Waals surface area contributed by atoms with Crippen LogP contribution in [0.3, 0.4) is 0 Å². The molecule has 10 nitrogen and oxygen atoms in total. The van der Waals surface area contributed by atoms with Crippen molar-refractivity contribution in [3.8, 4) is 17.2 Å². The van der Waals surface area contributed by atoms with E-state index in [1.54, 1.807) is 27.4 Å². The second-order valence-corrected chi connectivity index (χ2v) is 11.9. The van der Waals surface area contributed by atoms with Crippen molar-refractivity contribution in [3.63, 3.8) is 0 Å². The second kappa shape index (κ2) is 18.6. The molecule has 4 atom stereocenters. The third-order valence-electron chi connectivity index (χ3n) is 7.86. The zero-order chi connectivity index (χ0) is 34.4. The van der Waals surface area contributed by atoms with E-state index in [2.05, 4.69) is 6.58 Å². The number of methoxy groups -OCH3 is 3. The van der Waals surface area contributed by atoms with Gasteiger partial charge in [0.1, 0.15) is 29.5 Å². The number of benzene rings is 3. The standard InChI is InChI=1S/C38H48O10/c1-7-34(44-23-28-10-16-31(41-5)17-11-28)37(45-24-29-12-18-32(42-6)19-13-29)35(26-43-22-27-8-14-30(40-4)15-9-27)47-36(39)21-20-33-25-46-38(2,3)48-33/h7-19,33-35,37H,1,20-26H2,2-6H3/t33-,34+,35+,37+/m0/s1. The molecule has 0 amide bonds. The Morgan fingerprint density at radius 1 is 0.812 bits per heavy atom. The molecule has 0 N–H and O–H groups in total. The normalized spacial score (nSPS) is 17.2. The molecule has 1 fully saturated rings. The second-order valence-electron chi connectivity index (χ2n) is 11.9. The van der Waals surface area contributed by atoms with Crippen LogP contribution in [0, 0.1) is 0 Å². The van der Waals surface area contributed by atoms with Gasteiger partial charge >= 0.3 is 5.97 Å². The third-order valence-corrected chi connectivity index (χ3v) is 7.86. The summed E-state index contributed by atoms with van der Waals surface area (Å²) in [6, 6.07) is 22.8. The van der Waals surface area contributed by atoms with Gasteiger partial charge in [0.15, 0.2) is 11.9 Å². The Bertz CT molecular complexity index is 1390. The van der Waals surface area contributed by atoms with Crippen molar-refractivity contribution >= 4 is 5.97 Å². The Labute approximate surface area is 283 Å². The highest BCUT2D eigenvalue weighted by molar-refractivity contribution is 5.69. The topological polar surface area (TPSA) is 100 Å². The molecule has 3 aromatic rings. The molecule has 4 rings (SSSR count). The fourth-order valence-electron chi connectivity index (χ4n) is 5.16. The SMILES string of the molecule is C=C[C@@H](OCc1ccc(OC)cc1)[C@@H](OCc1ccc(OC)cc1)[C@@H](COCc1ccc(OC)cc1)OC(=O)CC[C@H]1COC(C)(C)O1. The van der Waals surface area contributed by atoms with E-state index in [0.29, 0.717) is 13.0 Å². The van der Waals surface area contributed by atoms with Crippen LogP contribution in [0.2, 0.25) is 0 Å². The maximum Gasteiger partial charge on any atom is 0.306 e. The van der Waals surface area contributed by atoms with E-state index in [9.17, 15) is 4.79 Å². The number of rotatable bonds is 20. The molecule has 0 saturated carbocycles. The summed E-state index contributed by atoms with van der Waals surface area (Å²) >= 11 is 0. The van der Waals surface area contributed by atoms with E-state index >= 15 is 0 Å². The van der Waals surface area contributed by atoms with Crippen LogP contribution in [0.5, 0.6) is 17.2 Å². The zero-order valence-corrected chi connectivity index (χ0v) is 28.6. The summed E-state index contributed by atoms with van der Waals surface area (Å²) in [6.45, 7) is 9.00. The quantitative estimate of drug-likeness (QED) is 0.0993. The summed E-state index contributed by atoms with van der Waals surface area (Å²) in [5.74, 6) is 1.16. The predicted molar refractivity (Wildman–Crippen MR) is 180 cm³/mol. The lowest BCUT2D eigenvalue weighted by Gasteiger charge is -2.32. The molecule has 3 aromatic carbocycles. The van der Waals surface area contributed by atoms with Gasteiger partial charge in [0.05, 0.1) is 60.5 Å². The molecule has 1 heterocycles. The van der Waals surface area contributed by atoms with Gasteiger partial charge in [-0.3, -0.25) is 4.79 Å². The van der Waals surface area contributed by atoms with Gasteiger partial charge in [-0.25, -0.2) is 0 Å². The van der Waals surface area contributed by atoms with Gasteiger partial charge < -0.3 is 42.6 Å². The maximum absolute atomic E-state index is 13.3. The maximum atomic E-state index is 13.3. The van der Waals surface area contributed by atoms with E-state index < -0.39 is 30.1 Å². The lowest BCUT2D eigenvalue weighted by molar-refractivity contribution is -0.177. The van der Waals surface area contributed by atoms with E-state index in [1.807, 2.05) is 86.6 Å². The smallest absolute Gasteiger partial charge is 0.306 e. The van der Waals surface area contributed by atoms with Crippen LogP contribution in [0.4, 0.5) is 0 Å². The number of carbonyl (C=O) groups excluding carboxylic acids is 1. The average Bonchev–Trinajstić information content (AvgIpc) is 3.47. The van der Waals surface area contributed by atoms with E-state index in [1.165, 1.54) is 0 Å². The van der Waals surface area contributed by atoms with Crippen LogP contribution in [0.15, 0.2) is 85.5 Å². The van der Waals surface area contributed by atoms with E-state index in [4.69, 9.17) is 42.6 Å². The summed E-state index contributed by atoms with van der Waals surface area (Å²) in [5.41, 5.74) is 2.78. The van der Waals surface area contributed by atoms with Gasteiger partial charge in [0.2, 0.25) is 0 Å². The fraction of sp³-hybridized carbons (Fsp3) is 0.447. The highest BCUT2D eigenvalue weighted by Crippen LogP contribution is 2.26. The van der Waals surface area contributed by atoms with Crippen LogP contribution in [0.25, 0.3) is 0 Å². The molecular formula is C38H48O10. The molecule has 0 aliphatic carbocycles. The summed E-state index contributed by atoms with van der Waals surface area (Å²) < 4.78 is 52.5. The first-order valence-corrected chi connectivity index (χ1v) is 16.1. The van der Waals surface area contributed by atoms with Crippen molar-refractivity contribution in [2.45, 2.75) is 76.7 Å². The number of esters is 1. The van der Waals surface area contributed by atoms with Crippen molar-refractivity contribution in [1.29, 1.82) is 0 Å². The molecule has 0 radical (unpaired) electrons. The summed E-state index contributed by atoms with van der Waals surface area (Å²) in [5, 5.41) is 0. The largest absolute Gasteiger partial charge is 0.497 e. The first kappa shape index (κ1) is 36.9. The lowest BCUT2D eigenvalue weighted by Crippen LogP contribution is -2.45.